The Labute approximate surface area is 113 Å². The lowest BCUT2D eigenvalue weighted by Gasteiger charge is -2.18. The lowest BCUT2D eigenvalue weighted by Crippen LogP contribution is -2.37. The van der Waals surface area contributed by atoms with E-state index in [0.29, 0.717) is 12.6 Å². The zero-order chi connectivity index (χ0) is 13.5. The van der Waals surface area contributed by atoms with E-state index >= 15 is 0 Å². The Kier molecular flexibility index (Phi) is 5.20. The topological polar surface area (TPSA) is 70.2 Å². The molecule has 2 amide bonds. The molecule has 0 bridgehead atoms. The number of nitrogens with one attached hydrogen (secondary N) is 2. The number of nitrogens with zero attached hydrogens (tertiary/aromatic N) is 2. The maximum Gasteiger partial charge on any atom is 0.317 e. The first-order valence-corrected chi connectivity index (χ1v) is 6.84. The van der Waals surface area contributed by atoms with Crippen molar-refractivity contribution in [1.29, 1.82) is 0 Å². The summed E-state index contributed by atoms with van der Waals surface area (Å²) in [6.07, 6.45) is 6.44. The highest BCUT2D eigenvalue weighted by Gasteiger charge is 2.15. The third-order valence-electron chi connectivity index (χ3n) is 3.38. The second kappa shape index (κ2) is 7.13. The van der Waals surface area contributed by atoms with E-state index in [1.54, 1.807) is 11.1 Å². The number of carbonyl (C=O) groups excluding carboxylic acids is 1. The normalized spacial score (nSPS) is 18.5. The van der Waals surface area contributed by atoms with Crippen LogP contribution >= 0.6 is 0 Å². The molecule has 1 saturated heterocycles. The van der Waals surface area contributed by atoms with E-state index in [0.717, 1.165) is 38.1 Å². The number of H-pyrrole nitrogens is 1. The largest absolute Gasteiger partial charge is 0.378 e. The minimum Gasteiger partial charge on any atom is -0.378 e. The predicted octanol–water partition coefficient (Wildman–Crippen LogP) is 1.51. The average molecular weight is 266 g/mol. The molecule has 106 valence electrons. The van der Waals surface area contributed by atoms with Gasteiger partial charge in [-0.1, -0.05) is 0 Å². The van der Waals surface area contributed by atoms with Gasteiger partial charge in [0.1, 0.15) is 0 Å². The summed E-state index contributed by atoms with van der Waals surface area (Å²) in [5, 5.41) is 9.49. The summed E-state index contributed by atoms with van der Waals surface area (Å²) in [6, 6.07) is 1.79. The van der Waals surface area contributed by atoms with Crippen molar-refractivity contribution in [1.82, 2.24) is 20.4 Å². The minimum atomic E-state index is -0.0538. The van der Waals surface area contributed by atoms with Crippen LogP contribution < -0.4 is 5.32 Å². The number of hydrogen-bond donors (Lipinski definition) is 2. The van der Waals surface area contributed by atoms with E-state index in [-0.39, 0.29) is 6.03 Å². The summed E-state index contributed by atoms with van der Waals surface area (Å²) >= 11 is 0. The fourth-order valence-electron chi connectivity index (χ4n) is 2.22. The van der Waals surface area contributed by atoms with Gasteiger partial charge < -0.3 is 15.0 Å². The van der Waals surface area contributed by atoms with Crippen molar-refractivity contribution >= 4 is 6.03 Å². The molecule has 1 fully saturated rings. The van der Waals surface area contributed by atoms with Crippen LogP contribution in [0.2, 0.25) is 0 Å². The maximum absolute atomic E-state index is 11.8. The Balaban J connectivity index is 1.59. The summed E-state index contributed by atoms with van der Waals surface area (Å²) in [6.45, 7) is 2.13. The highest BCUT2D eigenvalue weighted by atomic mass is 16.5. The molecule has 2 rings (SSSR count). The standard InChI is InChI=1S/C13H22N4O2/c1-17(8-2-4-12-5-3-9-19-12)13(18)14-10-11-6-7-15-16-11/h6-7,12H,2-5,8-10H2,1H3,(H,14,18)(H,15,16). The Morgan fingerprint density at radius 3 is 3.26 bits per heavy atom. The van der Waals surface area contributed by atoms with Crippen LogP contribution in [-0.2, 0) is 11.3 Å². The quantitative estimate of drug-likeness (QED) is 0.820. The third-order valence-corrected chi connectivity index (χ3v) is 3.38. The number of rotatable bonds is 6. The van der Waals surface area contributed by atoms with E-state index in [1.807, 2.05) is 13.1 Å². The predicted molar refractivity (Wildman–Crippen MR) is 71.7 cm³/mol. The zero-order valence-electron chi connectivity index (χ0n) is 11.4. The molecule has 19 heavy (non-hydrogen) atoms. The number of urea groups is 1. The molecule has 0 aromatic carbocycles. The van der Waals surface area contributed by atoms with Crippen molar-refractivity contribution in [3.05, 3.63) is 18.0 Å². The maximum atomic E-state index is 11.8. The van der Waals surface area contributed by atoms with E-state index in [1.165, 1.54) is 6.42 Å². The Bertz CT molecular complexity index is 374. The highest BCUT2D eigenvalue weighted by molar-refractivity contribution is 5.73. The van der Waals surface area contributed by atoms with Crippen LogP contribution in [-0.4, -0.2) is 47.4 Å². The van der Waals surface area contributed by atoms with Gasteiger partial charge in [-0.05, 0) is 31.7 Å². The molecule has 2 heterocycles. The molecule has 1 atom stereocenters. The van der Waals surface area contributed by atoms with Crippen molar-refractivity contribution in [3.63, 3.8) is 0 Å². The molecule has 1 aliphatic heterocycles. The van der Waals surface area contributed by atoms with Crippen LogP contribution in [0.4, 0.5) is 4.79 Å². The van der Waals surface area contributed by atoms with Crippen LogP contribution in [0.3, 0.4) is 0 Å². The first-order valence-electron chi connectivity index (χ1n) is 6.84. The molecular weight excluding hydrogens is 244 g/mol. The third kappa shape index (κ3) is 4.55. The van der Waals surface area contributed by atoms with E-state index in [9.17, 15) is 4.79 Å². The molecule has 1 unspecified atom stereocenters. The van der Waals surface area contributed by atoms with Gasteiger partial charge in [-0.15, -0.1) is 0 Å². The fraction of sp³-hybridized carbons (Fsp3) is 0.692. The lowest BCUT2D eigenvalue weighted by molar-refractivity contribution is 0.100. The monoisotopic (exact) mass is 266 g/mol. The zero-order valence-corrected chi connectivity index (χ0v) is 11.4. The van der Waals surface area contributed by atoms with Crippen molar-refractivity contribution in [2.75, 3.05) is 20.2 Å². The summed E-state index contributed by atoms with van der Waals surface area (Å²) < 4.78 is 5.56. The first-order chi connectivity index (χ1) is 9.25. The van der Waals surface area contributed by atoms with Crippen LogP contribution in [0, 0.1) is 0 Å². The molecule has 0 aliphatic carbocycles. The molecule has 0 saturated carbocycles. The van der Waals surface area contributed by atoms with Crippen molar-refractivity contribution in [2.45, 2.75) is 38.3 Å². The number of carbonyl (C=O) groups is 1. The van der Waals surface area contributed by atoms with Crippen LogP contribution in [0.25, 0.3) is 0 Å². The molecule has 1 aromatic rings. The SMILES string of the molecule is CN(CCCC1CCCO1)C(=O)NCc1ccn[nH]1. The lowest BCUT2D eigenvalue weighted by atomic mass is 10.1. The smallest absolute Gasteiger partial charge is 0.317 e. The van der Waals surface area contributed by atoms with Gasteiger partial charge in [0.05, 0.1) is 18.3 Å². The molecule has 1 aromatic heterocycles. The van der Waals surface area contributed by atoms with Gasteiger partial charge in [-0.25, -0.2) is 4.79 Å². The summed E-state index contributed by atoms with van der Waals surface area (Å²) in [7, 11) is 1.82. The van der Waals surface area contributed by atoms with Crippen LogP contribution in [0.5, 0.6) is 0 Å². The van der Waals surface area contributed by atoms with E-state index < -0.39 is 0 Å². The Morgan fingerprint density at radius 2 is 2.58 bits per heavy atom. The number of amides is 2. The molecular formula is C13H22N4O2. The molecule has 6 nitrogen and oxygen atoms in total. The Morgan fingerprint density at radius 1 is 1.68 bits per heavy atom. The molecule has 2 N–H and O–H groups in total. The van der Waals surface area contributed by atoms with Gasteiger partial charge in [0, 0.05) is 26.4 Å². The highest BCUT2D eigenvalue weighted by Crippen LogP contribution is 2.16. The number of hydrogen-bond acceptors (Lipinski definition) is 3. The fourth-order valence-corrected chi connectivity index (χ4v) is 2.22. The van der Waals surface area contributed by atoms with Gasteiger partial charge >= 0.3 is 6.03 Å². The van der Waals surface area contributed by atoms with Gasteiger partial charge in [0.25, 0.3) is 0 Å². The van der Waals surface area contributed by atoms with Crippen molar-refractivity contribution in [3.8, 4) is 0 Å². The second-order valence-corrected chi connectivity index (χ2v) is 4.94. The van der Waals surface area contributed by atoms with Crippen molar-refractivity contribution < 1.29 is 9.53 Å². The summed E-state index contributed by atoms with van der Waals surface area (Å²) in [5.74, 6) is 0. The number of aromatic nitrogens is 2. The molecule has 1 aliphatic rings. The van der Waals surface area contributed by atoms with E-state index in [2.05, 4.69) is 15.5 Å². The van der Waals surface area contributed by atoms with Gasteiger partial charge in [0.2, 0.25) is 0 Å². The van der Waals surface area contributed by atoms with Crippen molar-refractivity contribution in [2.24, 2.45) is 0 Å². The summed E-state index contributed by atoms with van der Waals surface area (Å²) in [4.78, 5) is 13.5. The molecule has 6 heteroatoms. The number of ether oxygens (including phenoxy) is 1. The molecule has 0 spiro atoms. The van der Waals surface area contributed by atoms with Crippen LogP contribution in [0.15, 0.2) is 12.3 Å². The van der Waals surface area contributed by atoms with E-state index in [4.69, 9.17) is 4.74 Å². The van der Waals surface area contributed by atoms with Gasteiger partial charge in [-0.2, -0.15) is 5.10 Å². The Hall–Kier alpha value is -1.56. The number of aromatic amines is 1. The van der Waals surface area contributed by atoms with Gasteiger partial charge in [-0.3, -0.25) is 5.10 Å². The first kappa shape index (κ1) is 13.9. The molecule has 0 radical (unpaired) electrons. The van der Waals surface area contributed by atoms with Gasteiger partial charge in [0.15, 0.2) is 0 Å². The average Bonchev–Trinajstić information content (AvgIpc) is 3.08. The van der Waals surface area contributed by atoms with Crippen LogP contribution in [0.1, 0.15) is 31.4 Å². The second-order valence-electron chi connectivity index (χ2n) is 4.94. The summed E-state index contributed by atoms with van der Waals surface area (Å²) in [5.41, 5.74) is 0.904. The minimum absolute atomic E-state index is 0.0538.